The molecule has 12 heavy (non-hydrogen) atoms. The van der Waals surface area contributed by atoms with E-state index in [0.717, 1.165) is 0 Å². The topological polar surface area (TPSA) is 0 Å². The lowest BCUT2D eigenvalue weighted by Crippen LogP contribution is -1.81. The van der Waals surface area contributed by atoms with Gasteiger partial charge in [-0.1, -0.05) is 49.4 Å². The molecule has 1 atom stereocenters. The molecule has 0 amide bonds. The van der Waals surface area contributed by atoms with E-state index in [9.17, 15) is 4.39 Å². The Morgan fingerprint density at radius 2 is 2.33 bits per heavy atom. The van der Waals surface area contributed by atoms with Gasteiger partial charge in [0.25, 0.3) is 0 Å². The molecule has 0 aromatic carbocycles. The standard InChI is InChI=1S/C10H10ClF/c1-3-8-5-4-7(2)6-9(11)10(8)12/h3-7H,1H2,2H3. The molecule has 1 unspecified atom stereocenters. The Labute approximate surface area is 76.7 Å². The second-order valence-electron chi connectivity index (χ2n) is 2.71. The molecule has 2 heteroatoms. The highest BCUT2D eigenvalue weighted by Gasteiger charge is 2.09. The molecular formula is C10H10ClF. The van der Waals surface area contributed by atoms with Gasteiger partial charge >= 0.3 is 0 Å². The number of halogens is 2. The maximum Gasteiger partial charge on any atom is 0.148 e. The second kappa shape index (κ2) is 3.72. The minimum atomic E-state index is -0.396. The van der Waals surface area contributed by atoms with Crippen LogP contribution in [0, 0.1) is 5.92 Å². The molecular weight excluding hydrogens is 175 g/mol. The number of allylic oxidation sites excluding steroid dienone is 7. The van der Waals surface area contributed by atoms with Crippen LogP contribution < -0.4 is 0 Å². The molecule has 0 bridgehead atoms. The zero-order valence-corrected chi connectivity index (χ0v) is 7.61. The number of rotatable bonds is 1. The fraction of sp³-hybridized carbons (Fsp3) is 0.200. The van der Waals surface area contributed by atoms with Gasteiger partial charge in [0.1, 0.15) is 5.83 Å². The predicted octanol–water partition coefficient (Wildman–Crippen LogP) is 3.72. The van der Waals surface area contributed by atoms with Crippen molar-refractivity contribution in [2.24, 2.45) is 5.92 Å². The summed E-state index contributed by atoms with van der Waals surface area (Å²) in [5.74, 6) is -0.229. The molecule has 0 nitrogen and oxygen atoms in total. The molecule has 0 radical (unpaired) electrons. The molecule has 0 fully saturated rings. The summed E-state index contributed by atoms with van der Waals surface area (Å²) in [6, 6.07) is 0. The van der Waals surface area contributed by atoms with Crippen molar-refractivity contribution in [3.63, 3.8) is 0 Å². The summed E-state index contributed by atoms with van der Waals surface area (Å²) in [5, 5.41) is 0.169. The van der Waals surface area contributed by atoms with E-state index in [4.69, 9.17) is 11.6 Å². The number of hydrogen-bond donors (Lipinski definition) is 0. The third-order valence-electron chi connectivity index (χ3n) is 1.67. The van der Waals surface area contributed by atoms with Crippen molar-refractivity contribution in [2.75, 3.05) is 0 Å². The van der Waals surface area contributed by atoms with Gasteiger partial charge in [-0.25, -0.2) is 4.39 Å². The Bertz CT molecular complexity index is 284. The Hall–Kier alpha value is -0.820. The fourth-order valence-electron chi connectivity index (χ4n) is 0.984. The van der Waals surface area contributed by atoms with Crippen LogP contribution >= 0.6 is 11.6 Å². The van der Waals surface area contributed by atoms with Crippen molar-refractivity contribution in [3.8, 4) is 0 Å². The molecule has 0 aromatic heterocycles. The summed E-state index contributed by atoms with van der Waals surface area (Å²) in [5.41, 5.74) is 0.445. The van der Waals surface area contributed by atoms with E-state index >= 15 is 0 Å². The monoisotopic (exact) mass is 184 g/mol. The molecule has 0 spiro atoms. The molecule has 64 valence electrons. The maximum atomic E-state index is 13.2. The summed E-state index contributed by atoms with van der Waals surface area (Å²) in [6.45, 7) is 5.44. The van der Waals surface area contributed by atoms with Gasteiger partial charge in [-0.15, -0.1) is 0 Å². The lowest BCUT2D eigenvalue weighted by Gasteiger charge is -1.96. The highest BCUT2D eigenvalue weighted by molar-refractivity contribution is 6.31. The van der Waals surface area contributed by atoms with E-state index in [2.05, 4.69) is 6.58 Å². The van der Waals surface area contributed by atoms with Crippen molar-refractivity contribution < 1.29 is 4.39 Å². The molecule has 0 saturated heterocycles. The third-order valence-corrected chi connectivity index (χ3v) is 1.96. The van der Waals surface area contributed by atoms with Crippen LogP contribution in [-0.2, 0) is 0 Å². The molecule has 0 saturated carbocycles. The molecule has 1 rings (SSSR count). The van der Waals surface area contributed by atoms with E-state index in [1.54, 1.807) is 12.2 Å². The fourth-order valence-corrected chi connectivity index (χ4v) is 1.29. The summed E-state index contributed by atoms with van der Waals surface area (Å²) in [7, 11) is 0. The van der Waals surface area contributed by atoms with E-state index in [0.29, 0.717) is 5.57 Å². The highest BCUT2D eigenvalue weighted by Crippen LogP contribution is 2.26. The van der Waals surface area contributed by atoms with E-state index in [1.807, 2.05) is 13.0 Å². The zero-order chi connectivity index (χ0) is 9.14. The van der Waals surface area contributed by atoms with Gasteiger partial charge in [0.05, 0.1) is 5.03 Å². The second-order valence-corrected chi connectivity index (χ2v) is 3.11. The molecule has 0 heterocycles. The van der Waals surface area contributed by atoms with Gasteiger partial charge in [-0.05, 0) is 5.92 Å². The van der Waals surface area contributed by atoms with E-state index in [-0.39, 0.29) is 11.0 Å². The largest absolute Gasteiger partial charge is 0.205 e. The molecule has 0 aromatic rings. The van der Waals surface area contributed by atoms with E-state index in [1.165, 1.54) is 6.08 Å². The first-order valence-corrected chi connectivity index (χ1v) is 4.11. The van der Waals surface area contributed by atoms with Crippen LogP contribution in [-0.4, -0.2) is 0 Å². The normalized spacial score (nSPS) is 23.6. The molecule has 0 aliphatic heterocycles. The minimum absolute atomic E-state index is 0.167. The Balaban J connectivity index is 3.13. The minimum Gasteiger partial charge on any atom is -0.205 e. The highest BCUT2D eigenvalue weighted by atomic mass is 35.5. The Kier molecular flexibility index (Phi) is 2.88. The summed E-state index contributed by atoms with van der Waals surface area (Å²) < 4.78 is 13.2. The van der Waals surface area contributed by atoms with Crippen LogP contribution in [0.25, 0.3) is 0 Å². The van der Waals surface area contributed by atoms with E-state index < -0.39 is 5.83 Å². The number of hydrogen-bond acceptors (Lipinski definition) is 0. The van der Waals surface area contributed by atoms with Gasteiger partial charge in [-0.2, -0.15) is 0 Å². The average Bonchev–Trinajstić information content (AvgIpc) is 2.14. The quantitative estimate of drug-likeness (QED) is 0.583. The lowest BCUT2D eigenvalue weighted by atomic mass is 10.1. The van der Waals surface area contributed by atoms with Crippen molar-refractivity contribution in [1.82, 2.24) is 0 Å². The average molecular weight is 185 g/mol. The molecule has 0 N–H and O–H groups in total. The van der Waals surface area contributed by atoms with Crippen LogP contribution in [0.15, 0.2) is 47.3 Å². The zero-order valence-electron chi connectivity index (χ0n) is 6.85. The predicted molar refractivity (Wildman–Crippen MR) is 50.6 cm³/mol. The first kappa shape index (κ1) is 9.27. The van der Waals surface area contributed by atoms with Crippen LogP contribution in [0.3, 0.4) is 0 Å². The summed E-state index contributed by atoms with van der Waals surface area (Å²) >= 11 is 5.68. The Morgan fingerprint density at radius 3 is 2.92 bits per heavy atom. The third kappa shape index (κ3) is 1.86. The maximum absolute atomic E-state index is 13.2. The first-order chi connectivity index (χ1) is 5.65. The molecule has 1 aliphatic rings. The molecule has 1 aliphatic carbocycles. The smallest absolute Gasteiger partial charge is 0.148 e. The van der Waals surface area contributed by atoms with Crippen molar-refractivity contribution in [2.45, 2.75) is 6.92 Å². The Morgan fingerprint density at radius 1 is 1.67 bits per heavy atom. The van der Waals surface area contributed by atoms with Gasteiger partial charge < -0.3 is 0 Å². The van der Waals surface area contributed by atoms with Crippen LogP contribution in [0.5, 0.6) is 0 Å². The van der Waals surface area contributed by atoms with Crippen molar-refractivity contribution in [3.05, 3.63) is 47.3 Å². The van der Waals surface area contributed by atoms with Crippen LogP contribution in [0.4, 0.5) is 4.39 Å². The van der Waals surface area contributed by atoms with Crippen molar-refractivity contribution >= 4 is 11.6 Å². The van der Waals surface area contributed by atoms with Gasteiger partial charge in [0.2, 0.25) is 0 Å². The first-order valence-electron chi connectivity index (χ1n) is 3.73. The van der Waals surface area contributed by atoms with Crippen LogP contribution in [0.1, 0.15) is 6.92 Å². The summed E-state index contributed by atoms with van der Waals surface area (Å²) in [6.07, 6.45) is 6.70. The van der Waals surface area contributed by atoms with Gasteiger partial charge in [0.15, 0.2) is 0 Å². The van der Waals surface area contributed by atoms with Gasteiger partial charge in [-0.3, -0.25) is 0 Å². The van der Waals surface area contributed by atoms with Crippen LogP contribution in [0.2, 0.25) is 0 Å². The SMILES string of the molecule is C=CC1=C(F)C(Cl)=CC(C)C=C1. The van der Waals surface area contributed by atoms with Gasteiger partial charge in [0, 0.05) is 5.57 Å². The van der Waals surface area contributed by atoms with Crippen molar-refractivity contribution in [1.29, 1.82) is 0 Å². The lowest BCUT2D eigenvalue weighted by molar-refractivity contribution is 0.656. The summed E-state index contributed by atoms with van der Waals surface area (Å²) in [4.78, 5) is 0.